The lowest BCUT2D eigenvalue weighted by Gasteiger charge is -2.10. The number of halogens is 2. The van der Waals surface area contributed by atoms with Gasteiger partial charge in [0.2, 0.25) is 0 Å². The Labute approximate surface area is 134 Å². The van der Waals surface area contributed by atoms with Crippen LogP contribution in [0.4, 0.5) is 0 Å². The normalized spacial score (nSPS) is 12.2. The van der Waals surface area contributed by atoms with Gasteiger partial charge in [-0.3, -0.25) is 4.79 Å². The van der Waals surface area contributed by atoms with Gasteiger partial charge in [0.25, 0.3) is 5.91 Å². The molecule has 6 heteroatoms. The van der Waals surface area contributed by atoms with Crippen LogP contribution in [0.5, 0.6) is 0 Å². The van der Waals surface area contributed by atoms with Gasteiger partial charge in [-0.15, -0.1) is 0 Å². The highest BCUT2D eigenvalue weighted by Crippen LogP contribution is 2.25. The molecule has 114 valence electrons. The number of ether oxygens (including phenoxy) is 1. The van der Waals surface area contributed by atoms with Crippen molar-refractivity contribution in [3.05, 3.63) is 39.9 Å². The van der Waals surface area contributed by atoms with Gasteiger partial charge in [0.05, 0.1) is 0 Å². The molecule has 0 heterocycles. The minimum atomic E-state index is -0.634. The highest BCUT2D eigenvalue weighted by Gasteiger charge is 2.08. The van der Waals surface area contributed by atoms with E-state index < -0.39 is 5.97 Å². The molecule has 0 saturated heterocycles. The van der Waals surface area contributed by atoms with E-state index in [-0.39, 0.29) is 18.6 Å². The second-order valence-electron chi connectivity index (χ2n) is 4.45. The molecule has 1 aromatic carbocycles. The van der Waals surface area contributed by atoms with E-state index in [1.54, 1.807) is 18.2 Å². The van der Waals surface area contributed by atoms with Crippen molar-refractivity contribution in [1.29, 1.82) is 0 Å². The zero-order chi connectivity index (χ0) is 15.8. The Bertz CT molecular complexity index is 523. The fourth-order valence-corrected chi connectivity index (χ4v) is 1.95. The maximum atomic E-state index is 11.5. The topological polar surface area (TPSA) is 55.4 Å². The molecule has 4 nitrogen and oxygen atoms in total. The summed E-state index contributed by atoms with van der Waals surface area (Å²) in [6.45, 7) is 3.51. The number of carbonyl (C=O) groups excluding carboxylic acids is 2. The zero-order valence-corrected chi connectivity index (χ0v) is 13.4. The number of rotatable bonds is 6. The Morgan fingerprint density at radius 2 is 1.95 bits per heavy atom. The summed E-state index contributed by atoms with van der Waals surface area (Å²) in [4.78, 5) is 23.0. The van der Waals surface area contributed by atoms with Crippen molar-refractivity contribution < 1.29 is 14.3 Å². The van der Waals surface area contributed by atoms with Gasteiger partial charge in [-0.25, -0.2) is 4.79 Å². The van der Waals surface area contributed by atoms with E-state index in [0.717, 1.165) is 6.42 Å². The van der Waals surface area contributed by atoms with Gasteiger partial charge < -0.3 is 10.1 Å². The summed E-state index contributed by atoms with van der Waals surface area (Å²) in [5.74, 6) is -0.966. The molecule has 0 unspecified atom stereocenters. The molecule has 0 saturated carbocycles. The van der Waals surface area contributed by atoms with E-state index in [1.165, 1.54) is 12.2 Å². The number of amides is 1. The lowest BCUT2D eigenvalue weighted by atomic mass is 10.2. The van der Waals surface area contributed by atoms with Crippen LogP contribution in [0, 0.1) is 0 Å². The maximum absolute atomic E-state index is 11.5. The van der Waals surface area contributed by atoms with Crippen molar-refractivity contribution in [2.75, 3.05) is 6.61 Å². The summed E-state index contributed by atoms with van der Waals surface area (Å²) in [7, 11) is 0. The molecule has 1 aromatic rings. The van der Waals surface area contributed by atoms with E-state index in [9.17, 15) is 9.59 Å². The van der Waals surface area contributed by atoms with E-state index in [0.29, 0.717) is 15.6 Å². The van der Waals surface area contributed by atoms with Crippen LogP contribution in [0.2, 0.25) is 10.0 Å². The van der Waals surface area contributed by atoms with Crippen molar-refractivity contribution in [3.8, 4) is 0 Å². The fourth-order valence-electron chi connectivity index (χ4n) is 1.42. The van der Waals surface area contributed by atoms with Crippen LogP contribution in [0.1, 0.15) is 25.8 Å². The van der Waals surface area contributed by atoms with E-state index in [4.69, 9.17) is 27.9 Å². The molecule has 0 fully saturated rings. The van der Waals surface area contributed by atoms with Crippen molar-refractivity contribution in [1.82, 2.24) is 5.32 Å². The van der Waals surface area contributed by atoms with Crippen LogP contribution >= 0.6 is 23.2 Å². The van der Waals surface area contributed by atoms with E-state index in [2.05, 4.69) is 5.32 Å². The Hall–Kier alpha value is -1.52. The molecule has 21 heavy (non-hydrogen) atoms. The van der Waals surface area contributed by atoms with Crippen LogP contribution in [0.3, 0.4) is 0 Å². The molecule has 0 aliphatic heterocycles. The SMILES string of the molecule is CC[C@H](C)NC(=O)COC(=O)/C=C/c1c(Cl)cccc1Cl. The number of carbonyl (C=O) groups is 2. The largest absolute Gasteiger partial charge is 0.452 e. The molecule has 0 aromatic heterocycles. The second-order valence-corrected chi connectivity index (χ2v) is 5.27. The third-order valence-corrected chi connectivity index (χ3v) is 3.41. The molecular formula is C15H17Cl2NO3. The standard InChI is InChI=1S/C15H17Cl2NO3/c1-3-10(2)18-14(19)9-21-15(20)8-7-11-12(16)5-4-6-13(11)17/h4-8,10H,3,9H2,1-2H3,(H,18,19)/b8-7+/t10-/m0/s1. The minimum absolute atomic E-state index is 0.0497. The quantitative estimate of drug-likeness (QED) is 0.642. The molecule has 1 atom stereocenters. The van der Waals surface area contributed by atoms with Crippen molar-refractivity contribution in [3.63, 3.8) is 0 Å². The number of hydrogen-bond acceptors (Lipinski definition) is 3. The first kappa shape index (κ1) is 17.5. The van der Waals surface area contributed by atoms with Crippen LogP contribution in [0.15, 0.2) is 24.3 Å². The average Bonchev–Trinajstić information content (AvgIpc) is 2.44. The number of esters is 1. The first-order chi connectivity index (χ1) is 9.93. The van der Waals surface area contributed by atoms with Gasteiger partial charge in [0.15, 0.2) is 6.61 Å². The van der Waals surface area contributed by atoms with Crippen molar-refractivity contribution in [2.24, 2.45) is 0 Å². The molecule has 1 N–H and O–H groups in total. The van der Waals surface area contributed by atoms with Gasteiger partial charge in [-0.1, -0.05) is 36.2 Å². The third kappa shape index (κ3) is 6.19. The Morgan fingerprint density at radius 3 is 2.52 bits per heavy atom. The maximum Gasteiger partial charge on any atom is 0.331 e. The van der Waals surface area contributed by atoms with Crippen LogP contribution in [-0.2, 0) is 14.3 Å². The number of hydrogen-bond donors (Lipinski definition) is 1. The summed E-state index contributed by atoms with van der Waals surface area (Å²) in [5.41, 5.74) is 0.529. The molecule has 0 radical (unpaired) electrons. The highest BCUT2D eigenvalue weighted by molar-refractivity contribution is 6.37. The predicted octanol–water partition coefficient (Wildman–Crippen LogP) is 3.46. The van der Waals surface area contributed by atoms with E-state index in [1.807, 2.05) is 13.8 Å². The van der Waals surface area contributed by atoms with E-state index >= 15 is 0 Å². The van der Waals surface area contributed by atoms with Crippen LogP contribution in [0.25, 0.3) is 6.08 Å². The lowest BCUT2D eigenvalue weighted by Crippen LogP contribution is -2.35. The summed E-state index contributed by atoms with van der Waals surface area (Å²) in [6.07, 6.45) is 3.45. The Balaban J connectivity index is 2.51. The summed E-state index contributed by atoms with van der Waals surface area (Å²) in [5, 5.41) is 3.56. The summed E-state index contributed by atoms with van der Waals surface area (Å²) < 4.78 is 4.83. The first-order valence-electron chi connectivity index (χ1n) is 6.52. The highest BCUT2D eigenvalue weighted by atomic mass is 35.5. The summed E-state index contributed by atoms with van der Waals surface area (Å²) >= 11 is 11.9. The third-order valence-electron chi connectivity index (χ3n) is 2.75. The van der Waals surface area contributed by atoms with Gasteiger partial charge in [-0.05, 0) is 31.6 Å². The first-order valence-corrected chi connectivity index (χ1v) is 7.27. The monoisotopic (exact) mass is 329 g/mol. The fraction of sp³-hybridized carbons (Fsp3) is 0.333. The van der Waals surface area contributed by atoms with Crippen molar-refractivity contribution in [2.45, 2.75) is 26.3 Å². The van der Waals surface area contributed by atoms with Gasteiger partial charge in [0.1, 0.15) is 0 Å². The van der Waals surface area contributed by atoms with Crippen LogP contribution in [-0.4, -0.2) is 24.5 Å². The zero-order valence-electron chi connectivity index (χ0n) is 11.9. The molecule has 0 bridgehead atoms. The van der Waals surface area contributed by atoms with Gasteiger partial charge in [-0.2, -0.15) is 0 Å². The minimum Gasteiger partial charge on any atom is -0.452 e. The molecule has 0 aliphatic rings. The number of benzene rings is 1. The molecular weight excluding hydrogens is 313 g/mol. The predicted molar refractivity (Wildman–Crippen MR) is 84.4 cm³/mol. The van der Waals surface area contributed by atoms with Gasteiger partial charge >= 0.3 is 5.97 Å². The lowest BCUT2D eigenvalue weighted by molar-refractivity contribution is -0.144. The summed E-state index contributed by atoms with van der Waals surface area (Å²) in [6, 6.07) is 5.09. The molecule has 1 rings (SSSR count). The van der Waals surface area contributed by atoms with Crippen molar-refractivity contribution >= 4 is 41.2 Å². The molecule has 1 amide bonds. The average molecular weight is 330 g/mol. The van der Waals surface area contributed by atoms with Gasteiger partial charge in [0, 0.05) is 27.7 Å². The van der Waals surface area contributed by atoms with Crippen LogP contribution < -0.4 is 5.32 Å². The molecule has 0 spiro atoms. The Morgan fingerprint density at radius 1 is 1.33 bits per heavy atom. The second kappa shape index (κ2) is 8.70. The molecule has 0 aliphatic carbocycles. The smallest absolute Gasteiger partial charge is 0.331 e. The number of nitrogens with one attached hydrogen (secondary N) is 1. The Kier molecular flexibility index (Phi) is 7.26.